The molecule has 1 aliphatic rings. The lowest BCUT2D eigenvalue weighted by molar-refractivity contribution is -0.139. The summed E-state index contributed by atoms with van der Waals surface area (Å²) < 4.78 is 13.1. The maximum absolute atomic E-state index is 13.7. The molecule has 10 heteroatoms. The van der Waals surface area contributed by atoms with Gasteiger partial charge in [-0.2, -0.15) is 0 Å². The lowest BCUT2D eigenvalue weighted by Gasteiger charge is -2.24. The number of fused-ring (bicyclic) bond motifs is 1. The molecule has 4 aromatic rings. The standard InChI is InChI=1S/C31H25ClN2O6S/c1-3-39-30(38)26-18(2)33-31-34(27(26)21-9-11-23(32)12-10-21)28(35)25(41-31)16-19-7-13-24(14-8-19)40-17-20-5-4-6-22(15-20)29(36)37/h4-16,27H,3,17H2,1-2H3,(H,36,37)/b25-16-/t27-/m0/s1. The number of allylic oxidation sites excluding steroid dienone is 1. The number of benzene rings is 3. The van der Waals surface area contributed by atoms with Crippen molar-refractivity contribution in [1.29, 1.82) is 0 Å². The van der Waals surface area contributed by atoms with Crippen molar-refractivity contribution in [1.82, 2.24) is 4.57 Å². The van der Waals surface area contributed by atoms with Crippen LogP contribution in [0.1, 0.15) is 46.9 Å². The number of carbonyl (C=O) groups is 2. The fraction of sp³-hybridized carbons (Fsp3) is 0.161. The van der Waals surface area contributed by atoms with E-state index in [0.29, 0.717) is 31.4 Å². The van der Waals surface area contributed by atoms with Gasteiger partial charge in [0.25, 0.3) is 5.56 Å². The van der Waals surface area contributed by atoms with Crippen molar-refractivity contribution in [3.63, 3.8) is 0 Å². The maximum atomic E-state index is 13.7. The van der Waals surface area contributed by atoms with Gasteiger partial charge in [-0.3, -0.25) is 9.36 Å². The first-order valence-electron chi connectivity index (χ1n) is 12.8. The van der Waals surface area contributed by atoms with Crippen LogP contribution in [0.4, 0.5) is 0 Å². The minimum absolute atomic E-state index is 0.196. The van der Waals surface area contributed by atoms with Gasteiger partial charge in [0.05, 0.1) is 34.0 Å². The summed E-state index contributed by atoms with van der Waals surface area (Å²) in [6, 6.07) is 20.1. The number of thiazole rings is 1. The number of aromatic nitrogens is 1. The number of esters is 1. The molecule has 0 saturated heterocycles. The number of carboxylic acid groups (broad SMARTS) is 1. The molecule has 1 aliphatic heterocycles. The molecule has 0 fully saturated rings. The molecule has 0 saturated carbocycles. The van der Waals surface area contributed by atoms with Crippen molar-refractivity contribution in [3.05, 3.63) is 131 Å². The second-order valence-corrected chi connectivity index (χ2v) is 10.7. The van der Waals surface area contributed by atoms with Crippen LogP contribution in [-0.2, 0) is 16.1 Å². The van der Waals surface area contributed by atoms with E-state index in [1.807, 2.05) is 12.1 Å². The van der Waals surface area contributed by atoms with Crippen molar-refractivity contribution >= 4 is 41.0 Å². The maximum Gasteiger partial charge on any atom is 0.338 e. The van der Waals surface area contributed by atoms with Gasteiger partial charge < -0.3 is 14.6 Å². The smallest absolute Gasteiger partial charge is 0.338 e. The number of aromatic carboxylic acids is 1. The molecular weight excluding hydrogens is 564 g/mol. The van der Waals surface area contributed by atoms with Crippen LogP contribution in [0.25, 0.3) is 6.08 Å². The molecule has 1 N–H and O–H groups in total. The van der Waals surface area contributed by atoms with Crippen LogP contribution in [-0.4, -0.2) is 28.2 Å². The van der Waals surface area contributed by atoms with E-state index in [1.54, 1.807) is 74.5 Å². The van der Waals surface area contributed by atoms with E-state index in [0.717, 1.165) is 16.7 Å². The molecule has 1 aromatic heterocycles. The Kier molecular flexibility index (Phi) is 8.19. The number of hydrogen-bond acceptors (Lipinski definition) is 7. The second kappa shape index (κ2) is 12.0. The van der Waals surface area contributed by atoms with Gasteiger partial charge in [-0.25, -0.2) is 14.6 Å². The zero-order valence-electron chi connectivity index (χ0n) is 22.2. The molecule has 8 nitrogen and oxygen atoms in total. The summed E-state index contributed by atoms with van der Waals surface area (Å²) in [6.07, 6.45) is 1.77. The number of carboxylic acids is 1. The molecular formula is C31H25ClN2O6S. The van der Waals surface area contributed by atoms with E-state index in [9.17, 15) is 19.5 Å². The van der Waals surface area contributed by atoms with Crippen molar-refractivity contribution < 1.29 is 24.2 Å². The monoisotopic (exact) mass is 588 g/mol. The number of rotatable bonds is 8. The molecule has 0 radical (unpaired) electrons. The fourth-order valence-corrected chi connectivity index (χ4v) is 5.70. The molecule has 0 unspecified atom stereocenters. The highest BCUT2D eigenvalue weighted by molar-refractivity contribution is 7.07. The zero-order chi connectivity index (χ0) is 29.1. The quantitative estimate of drug-likeness (QED) is 0.298. The van der Waals surface area contributed by atoms with Crippen molar-refractivity contribution in [2.75, 3.05) is 6.61 Å². The van der Waals surface area contributed by atoms with Gasteiger partial charge in [0.15, 0.2) is 4.80 Å². The highest BCUT2D eigenvalue weighted by Crippen LogP contribution is 2.31. The summed E-state index contributed by atoms with van der Waals surface area (Å²) in [7, 11) is 0. The molecule has 0 bridgehead atoms. The predicted molar refractivity (Wildman–Crippen MR) is 156 cm³/mol. The van der Waals surface area contributed by atoms with Crippen LogP contribution in [0.3, 0.4) is 0 Å². The Morgan fingerprint density at radius 2 is 1.83 bits per heavy atom. The third kappa shape index (κ3) is 6.01. The summed E-state index contributed by atoms with van der Waals surface area (Å²) in [5, 5.41) is 9.72. The summed E-state index contributed by atoms with van der Waals surface area (Å²) in [6.45, 7) is 3.88. The topological polar surface area (TPSA) is 107 Å². The molecule has 0 spiro atoms. The van der Waals surface area contributed by atoms with Gasteiger partial charge in [-0.1, -0.05) is 59.3 Å². The minimum Gasteiger partial charge on any atom is -0.489 e. The molecule has 0 aliphatic carbocycles. The van der Waals surface area contributed by atoms with Crippen LogP contribution in [0.15, 0.2) is 93.9 Å². The number of halogens is 1. The highest BCUT2D eigenvalue weighted by atomic mass is 35.5. The van der Waals surface area contributed by atoms with Gasteiger partial charge in [-0.05, 0) is 73.0 Å². The third-order valence-corrected chi connectivity index (χ3v) is 7.69. The van der Waals surface area contributed by atoms with Crippen molar-refractivity contribution in [2.45, 2.75) is 26.5 Å². The van der Waals surface area contributed by atoms with Gasteiger partial charge in [0, 0.05) is 5.02 Å². The average molecular weight is 589 g/mol. The van der Waals surface area contributed by atoms with E-state index >= 15 is 0 Å². The lowest BCUT2D eigenvalue weighted by atomic mass is 9.96. The molecule has 0 amide bonds. The molecule has 2 heterocycles. The lowest BCUT2D eigenvalue weighted by Crippen LogP contribution is -2.39. The van der Waals surface area contributed by atoms with E-state index < -0.39 is 18.0 Å². The summed E-state index contributed by atoms with van der Waals surface area (Å²) >= 11 is 7.35. The Morgan fingerprint density at radius 1 is 1.10 bits per heavy atom. The number of ether oxygens (including phenoxy) is 2. The molecule has 3 aromatic carbocycles. The number of carbonyl (C=O) groups excluding carboxylic acids is 1. The van der Waals surface area contributed by atoms with Gasteiger partial charge in [-0.15, -0.1) is 0 Å². The molecule has 5 rings (SSSR count). The van der Waals surface area contributed by atoms with Gasteiger partial charge in [0.1, 0.15) is 12.4 Å². The Hall–Kier alpha value is -4.47. The van der Waals surface area contributed by atoms with Crippen LogP contribution in [0.2, 0.25) is 5.02 Å². The second-order valence-electron chi connectivity index (χ2n) is 9.22. The van der Waals surface area contributed by atoms with E-state index in [-0.39, 0.29) is 24.3 Å². The number of hydrogen-bond donors (Lipinski definition) is 1. The first-order chi connectivity index (χ1) is 19.7. The average Bonchev–Trinajstić information content (AvgIpc) is 3.26. The number of nitrogens with zero attached hydrogens (tertiary/aromatic N) is 2. The third-order valence-electron chi connectivity index (χ3n) is 6.46. The molecule has 41 heavy (non-hydrogen) atoms. The van der Waals surface area contributed by atoms with Gasteiger partial charge in [0.2, 0.25) is 0 Å². The SMILES string of the molecule is CCOC(=O)C1=C(C)N=c2s/c(=C\c3ccc(OCc4cccc(C(=O)O)c4)cc3)c(=O)n2[C@H]1c1ccc(Cl)cc1. The van der Waals surface area contributed by atoms with Crippen LogP contribution in [0.5, 0.6) is 5.75 Å². The summed E-state index contributed by atoms with van der Waals surface area (Å²) in [5.41, 5.74) is 2.96. The Morgan fingerprint density at radius 3 is 2.51 bits per heavy atom. The predicted octanol–water partition coefficient (Wildman–Crippen LogP) is 4.73. The summed E-state index contributed by atoms with van der Waals surface area (Å²) in [4.78, 5) is 43.0. The first kappa shape index (κ1) is 28.1. The Labute approximate surface area is 244 Å². The van der Waals surface area contributed by atoms with Crippen LogP contribution in [0, 0.1) is 0 Å². The van der Waals surface area contributed by atoms with Crippen LogP contribution >= 0.6 is 22.9 Å². The highest BCUT2D eigenvalue weighted by Gasteiger charge is 2.33. The van der Waals surface area contributed by atoms with E-state index in [4.69, 9.17) is 21.1 Å². The van der Waals surface area contributed by atoms with Crippen LogP contribution < -0.4 is 19.6 Å². The summed E-state index contributed by atoms with van der Waals surface area (Å²) in [5.74, 6) is -0.914. The normalized spacial score (nSPS) is 14.8. The molecule has 1 atom stereocenters. The Bertz CT molecular complexity index is 1840. The molecule has 208 valence electrons. The largest absolute Gasteiger partial charge is 0.489 e. The van der Waals surface area contributed by atoms with E-state index in [2.05, 4.69) is 4.99 Å². The Balaban J connectivity index is 1.46. The van der Waals surface area contributed by atoms with Crippen molar-refractivity contribution in [3.8, 4) is 5.75 Å². The minimum atomic E-state index is -0.992. The first-order valence-corrected chi connectivity index (χ1v) is 13.9. The zero-order valence-corrected chi connectivity index (χ0v) is 23.7. The van der Waals surface area contributed by atoms with E-state index in [1.165, 1.54) is 22.0 Å². The fourth-order valence-electron chi connectivity index (χ4n) is 4.52. The van der Waals surface area contributed by atoms with Crippen molar-refractivity contribution in [2.24, 2.45) is 4.99 Å². The van der Waals surface area contributed by atoms with Gasteiger partial charge >= 0.3 is 11.9 Å².